The molecule has 0 saturated heterocycles. The van der Waals surface area contributed by atoms with Crippen LogP contribution in [0.3, 0.4) is 0 Å². The van der Waals surface area contributed by atoms with Crippen molar-refractivity contribution in [1.82, 2.24) is 10.2 Å². The molecule has 0 fully saturated rings. The number of nitrogens with one attached hydrogen (secondary N) is 1. The highest BCUT2D eigenvalue weighted by Crippen LogP contribution is 2.12. The van der Waals surface area contributed by atoms with Crippen LogP contribution < -0.4 is 5.32 Å². The molecule has 1 aromatic rings. The van der Waals surface area contributed by atoms with Crippen LogP contribution in [0.2, 0.25) is 0 Å². The van der Waals surface area contributed by atoms with E-state index in [-0.39, 0.29) is 5.82 Å². The van der Waals surface area contributed by atoms with Crippen molar-refractivity contribution in [3.8, 4) is 0 Å². The summed E-state index contributed by atoms with van der Waals surface area (Å²) < 4.78 is 12.8. The van der Waals surface area contributed by atoms with E-state index in [4.69, 9.17) is 0 Å². The lowest BCUT2D eigenvalue weighted by Gasteiger charge is -2.26. The Hall–Kier alpha value is -1.62. The highest BCUT2D eigenvalue weighted by Gasteiger charge is 2.13. The van der Waals surface area contributed by atoms with Crippen molar-refractivity contribution in [3.63, 3.8) is 0 Å². The van der Waals surface area contributed by atoms with Crippen molar-refractivity contribution in [2.24, 2.45) is 4.99 Å². The summed E-state index contributed by atoms with van der Waals surface area (Å²) in [5.41, 5.74) is 0.697. The number of aliphatic imine (C=N–C) groups is 1. The van der Waals surface area contributed by atoms with Gasteiger partial charge in [0.2, 0.25) is 0 Å². The summed E-state index contributed by atoms with van der Waals surface area (Å²) in [7, 11) is 1.97. The topological polar surface area (TPSA) is 47.9 Å². The molecule has 1 heterocycles. The molecule has 98 valence electrons. The second kappa shape index (κ2) is 5.82. The average Bonchev–Trinajstić information content (AvgIpc) is 2.38. The van der Waals surface area contributed by atoms with Gasteiger partial charge in [-0.15, -0.1) is 0 Å². The number of guanidine groups is 1. The molecule has 1 aromatic carbocycles. The lowest BCUT2D eigenvalue weighted by molar-refractivity contribution is 0.179. The number of hydrogen-bond donors (Lipinski definition) is 2. The van der Waals surface area contributed by atoms with Gasteiger partial charge in [-0.3, -0.25) is 4.99 Å². The summed E-state index contributed by atoms with van der Waals surface area (Å²) in [6.45, 7) is 2.16. The van der Waals surface area contributed by atoms with Gasteiger partial charge in [0, 0.05) is 26.7 Å². The molecule has 1 aliphatic heterocycles. The summed E-state index contributed by atoms with van der Waals surface area (Å²) >= 11 is 0. The second-order valence-electron chi connectivity index (χ2n) is 4.43. The first kappa shape index (κ1) is 12.8. The van der Waals surface area contributed by atoms with E-state index in [1.54, 1.807) is 12.1 Å². The Morgan fingerprint density at radius 2 is 2.17 bits per heavy atom. The number of rotatable bonds is 3. The van der Waals surface area contributed by atoms with Crippen molar-refractivity contribution in [2.75, 3.05) is 26.7 Å². The minimum atomic E-state index is -0.663. The van der Waals surface area contributed by atoms with Crippen molar-refractivity contribution in [1.29, 1.82) is 0 Å². The average molecular weight is 251 g/mol. The Kier molecular flexibility index (Phi) is 4.15. The fraction of sp³-hybridized carbons (Fsp3) is 0.462. The molecular weight excluding hydrogens is 233 g/mol. The van der Waals surface area contributed by atoms with E-state index in [0.29, 0.717) is 12.1 Å². The lowest BCUT2D eigenvalue weighted by atomic mass is 10.1. The number of nitrogens with zero attached hydrogens (tertiary/aromatic N) is 2. The van der Waals surface area contributed by atoms with Gasteiger partial charge in [-0.1, -0.05) is 12.1 Å². The molecule has 0 unspecified atom stereocenters. The fourth-order valence-corrected chi connectivity index (χ4v) is 1.90. The van der Waals surface area contributed by atoms with Gasteiger partial charge in [0.05, 0.1) is 6.10 Å². The van der Waals surface area contributed by atoms with Crippen LogP contribution in [0.4, 0.5) is 4.39 Å². The summed E-state index contributed by atoms with van der Waals surface area (Å²) in [5, 5.41) is 13.1. The van der Waals surface area contributed by atoms with Crippen molar-refractivity contribution in [2.45, 2.75) is 12.5 Å². The molecule has 0 bridgehead atoms. The molecule has 0 radical (unpaired) electrons. The second-order valence-corrected chi connectivity index (χ2v) is 4.43. The summed E-state index contributed by atoms with van der Waals surface area (Å²) in [5.74, 6) is 0.512. The Balaban J connectivity index is 1.90. The predicted octanol–water partition coefficient (Wildman–Crippen LogP) is 1.14. The molecule has 1 aliphatic rings. The molecule has 4 nitrogen and oxygen atoms in total. The fourth-order valence-electron chi connectivity index (χ4n) is 1.90. The van der Waals surface area contributed by atoms with Crippen LogP contribution in [0.15, 0.2) is 29.3 Å². The van der Waals surface area contributed by atoms with E-state index in [1.807, 2.05) is 11.9 Å². The smallest absolute Gasteiger partial charge is 0.193 e. The standard InChI is InChI=1S/C13H18FN3O/c1-17-8-2-7-15-13(17)16-9-12(18)10-3-5-11(14)6-4-10/h3-6,12,18H,2,7-9H2,1H3,(H,15,16)/t12-/m0/s1. The monoisotopic (exact) mass is 251 g/mol. The summed E-state index contributed by atoms with van der Waals surface area (Å²) in [6, 6.07) is 5.88. The number of benzene rings is 1. The maximum absolute atomic E-state index is 12.8. The maximum atomic E-state index is 12.8. The summed E-state index contributed by atoms with van der Waals surface area (Å²) in [6.07, 6.45) is 0.394. The Bertz CT molecular complexity index is 419. The van der Waals surface area contributed by atoms with Gasteiger partial charge in [-0.25, -0.2) is 4.39 Å². The first-order valence-electron chi connectivity index (χ1n) is 6.10. The van der Waals surface area contributed by atoms with Crippen LogP contribution in [-0.4, -0.2) is 42.6 Å². The van der Waals surface area contributed by atoms with E-state index in [9.17, 15) is 9.50 Å². The van der Waals surface area contributed by atoms with Crippen LogP contribution in [-0.2, 0) is 0 Å². The highest BCUT2D eigenvalue weighted by atomic mass is 19.1. The minimum absolute atomic E-state index is 0.296. The molecule has 0 aromatic heterocycles. The van der Waals surface area contributed by atoms with Gasteiger partial charge < -0.3 is 15.3 Å². The predicted molar refractivity (Wildman–Crippen MR) is 68.9 cm³/mol. The van der Waals surface area contributed by atoms with Gasteiger partial charge in [0.25, 0.3) is 0 Å². The Morgan fingerprint density at radius 1 is 1.44 bits per heavy atom. The van der Waals surface area contributed by atoms with E-state index in [2.05, 4.69) is 10.3 Å². The van der Waals surface area contributed by atoms with Gasteiger partial charge in [-0.2, -0.15) is 0 Å². The molecule has 18 heavy (non-hydrogen) atoms. The molecule has 0 amide bonds. The van der Waals surface area contributed by atoms with Gasteiger partial charge in [0.1, 0.15) is 5.82 Å². The zero-order valence-corrected chi connectivity index (χ0v) is 10.4. The normalized spacial score (nSPS) is 17.3. The number of hydrogen-bond acceptors (Lipinski definition) is 4. The molecule has 2 N–H and O–H groups in total. The highest BCUT2D eigenvalue weighted by molar-refractivity contribution is 5.80. The molecule has 2 rings (SSSR count). The molecular formula is C13H18FN3O. The van der Waals surface area contributed by atoms with Gasteiger partial charge >= 0.3 is 0 Å². The first-order chi connectivity index (χ1) is 8.66. The lowest BCUT2D eigenvalue weighted by Crippen LogP contribution is -2.43. The molecule has 5 heteroatoms. The Labute approximate surface area is 106 Å². The number of aliphatic hydroxyl groups is 1. The third-order valence-electron chi connectivity index (χ3n) is 2.98. The third-order valence-corrected chi connectivity index (χ3v) is 2.98. The number of aliphatic hydroxyl groups excluding tert-OH is 1. The van der Waals surface area contributed by atoms with Crippen LogP contribution in [0.1, 0.15) is 18.1 Å². The zero-order valence-electron chi connectivity index (χ0n) is 10.4. The van der Waals surface area contributed by atoms with Crippen molar-refractivity contribution in [3.05, 3.63) is 35.6 Å². The Morgan fingerprint density at radius 3 is 2.83 bits per heavy atom. The summed E-state index contributed by atoms with van der Waals surface area (Å²) in [4.78, 5) is 6.38. The van der Waals surface area contributed by atoms with Crippen molar-refractivity contribution >= 4 is 5.96 Å². The van der Waals surface area contributed by atoms with Crippen LogP contribution in [0.25, 0.3) is 0 Å². The largest absolute Gasteiger partial charge is 0.387 e. The van der Waals surface area contributed by atoms with Crippen LogP contribution in [0, 0.1) is 5.82 Å². The first-order valence-corrected chi connectivity index (χ1v) is 6.10. The minimum Gasteiger partial charge on any atom is -0.387 e. The van der Waals surface area contributed by atoms with Crippen molar-refractivity contribution < 1.29 is 9.50 Å². The van der Waals surface area contributed by atoms with E-state index < -0.39 is 6.10 Å². The van der Waals surface area contributed by atoms with E-state index >= 15 is 0 Å². The SMILES string of the molecule is CN1CCCN=C1NC[C@H](O)c1ccc(F)cc1. The quantitative estimate of drug-likeness (QED) is 0.847. The van der Waals surface area contributed by atoms with Gasteiger partial charge in [0.15, 0.2) is 5.96 Å². The van der Waals surface area contributed by atoms with E-state index in [1.165, 1.54) is 12.1 Å². The molecule has 1 atom stereocenters. The number of halogens is 1. The van der Waals surface area contributed by atoms with Gasteiger partial charge in [-0.05, 0) is 24.1 Å². The molecule has 0 aliphatic carbocycles. The zero-order chi connectivity index (χ0) is 13.0. The molecule has 0 spiro atoms. The maximum Gasteiger partial charge on any atom is 0.193 e. The molecule has 0 saturated carbocycles. The van der Waals surface area contributed by atoms with Crippen LogP contribution >= 0.6 is 0 Å². The van der Waals surface area contributed by atoms with Crippen LogP contribution in [0.5, 0.6) is 0 Å². The van der Waals surface area contributed by atoms with E-state index in [0.717, 1.165) is 25.5 Å². The third kappa shape index (κ3) is 3.20.